The maximum absolute atomic E-state index is 5.92. The molecule has 0 radical (unpaired) electrons. The Morgan fingerprint density at radius 3 is 3.22 bits per heavy atom. The van der Waals surface area contributed by atoms with Gasteiger partial charge in [-0.2, -0.15) is 0 Å². The molecular formula is C12H14ClN3OS. The summed E-state index contributed by atoms with van der Waals surface area (Å²) in [6.45, 7) is 3.71. The Morgan fingerprint density at radius 2 is 2.44 bits per heavy atom. The molecule has 3 heterocycles. The van der Waals surface area contributed by atoms with Gasteiger partial charge in [-0.15, -0.1) is 11.3 Å². The molecule has 0 spiro atoms. The number of hydrogen-bond donors (Lipinski definition) is 1. The van der Waals surface area contributed by atoms with Crippen LogP contribution in [-0.4, -0.2) is 28.7 Å². The minimum Gasteiger partial charge on any atom is -0.373 e. The minimum absolute atomic E-state index is 0.0974. The number of nitrogens with one attached hydrogen (secondary N) is 1. The largest absolute Gasteiger partial charge is 0.373 e. The zero-order valence-electron chi connectivity index (χ0n) is 10.1. The van der Waals surface area contributed by atoms with Gasteiger partial charge in [0.2, 0.25) is 5.28 Å². The SMILES string of the molecule is CC1(CNc2nc(Cl)nc3sccc23)CCCO1. The monoisotopic (exact) mass is 283 g/mol. The number of hydrogen-bond acceptors (Lipinski definition) is 5. The molecule has 0 bridgehead atoms. The van der Waals surface area contributed by atoms with Crippen molar-refractivity contribution in [2.45, 2.75) is 25.4 Å². The van der Waals surface area contributed by atoms with Crippen LogP contribution in [0, 0.1) is 0 Å². The summed E-state index contributed by atoms with van der Waals surface area (Å²) in [5.74, 6) is 0.794. The first kappa shape index (κ1) is 12.1. The molecule has 2 aromatic heterocycles. The van der Waals surface area contributed by atoms with Gasteiger partial charge >= 0.3 is 0 Å². The Hall–Kier alpha value is -0.910. The molecule has 4 nitrogen and oxygen atoms in total. The lowest BCUT2D eigenvalue weighted by molar-refractivity contribution is 0.0315. The molecule has 1 saturated heterocycles. The fraction of sp³-hybridized carbons (Fsp3) is 0.500. The van der Waals surface area contributed by atoms with Gasteiger partial charge in [-0.05, 0) is 42.8 Å². The molecule has 1 fully saturated rings. The van der Waals surface area contributed by atoms with Crippen LogP contribution in [-0.2, 0) is 4.74 Å². The zero-order chi connectivity index (χ0) is 12.6. The molecule has 1 aliphatic rings. The lowest BCUT2D eigenvalue weighted by atomic mass is 10.0. The van der Waals surface area contributed by atoms with Crippen LogP contribution in [0.4, 0.5) is 5.82 Å². The molecule has 1 N–H and O–H groups in total. The van der Waals surface area contributed by atoms with Crippen LogP contribution in [0.5, 0.6) is 0 Å². The third-order valence-electron chi connectivity index (χ3n) is 3.23. The quantitative estimate of drug-likeness (QED) is 0.878. The van der Waals surface area contributed by atoms with Crippen LogP contribution in [0.1, 0.15) is 19.8 Å². The first-order chi connectivity index (χ1) is 8.66. The number of halogens is 1. The highest BCUT2D eigenvalue weighted by molar-refractivity contribution is 7.16. The Bertz CT molecular complexity index is 565. The Labute approximate surface area is 114 Å². The van der Waals surface area contributed by atoms with E-state index >= 15 is 0 Å². The highest BCUT2D eigenvalue weighted by Crippen LogP contribution is 2.29. The molecule has 0 amide bonds. The summed E-state index contributed by atoms with van der Waals surface area (Å²) < 4.78 is 5.75. The van der Waals surface area contributed by atoms with Gasteiger partial charge in [0, 0.05) is 13.2 Å². The summed E-state index contributed by atoms with van der Waals surface area (Å²) >= 11 is 7.49. The summed E-state index contributed by atoms with van der Waals surface area (Å²) in [5.41, 5.74) is -0.0974. The highest BCUT2D eigenvalue weighted by atomic mass is 35.5. The van der Waals surface area contributed by atoms with E-state index in [-0.39, 0.29) is 10.9 Å². The topological polar surface area (TPSA) is 47.0 Å². The fourth-order valence-electron chi connectivity index (χ4n) is 2.21. The Kier molecular flexibility index (Phi) is 3.13. The first-order valence-corrected chi connectivity index (χ1v) is 7.21. The maximum atomic E-state index is 5.92. The number of ether oxygens (including phenoxy) is 1. The van der Waals surface area contributed by atoms with Crippen molar-refractivity contribution in [3.05, 3.63) is 16.7 Å². The molecule has 1 aliphatic heterocycles. The standard InChI is InChI=1S/C12H14ClN3OS/c1-12(4-2-5-17-12)7-14-9-8-3-6-18-10(8)16-11(13)15-9/h3,6H,2,4-5,7H2,1H3,(H,14,15,16). The van der Waals surface area contributed by atoms with Crippen LogP contribution in [0.2, 0.25) is 5.28 Å². The van der Waals surface area contributed by atoms with E-state index in [4.69, 9.17) is 16.3 Å². The molecule has 0 saturated carbocycles. The second kappa shape index (κ2) is 4.64. The molecular weight excluding hydrogens is 270 g/mol. The minimum atomic E-state index is -0.0974. The smallest absolute Gasteiger partial charge is 0.225 e. The average Bonchev–Trinajstić information content (AvgIpc) is 2.95. The van der Waals surface area contributed by atoms with Gasteiger partial charge in [0.05, 0.1) is 11.0 Å². The van der Waals surface area contributed by atoms with Crippen LogP contribution in [0.25, 0.3) is 10.2 Å². The van der Waals surface area contributed by atoms with Crippen LogP contribution in [0.3, 0.4) is 0 Å². The van der Waals surface area contributed by atoms with Gasteiger partial charge in [0.1, 0.15) is 10.6 Å². The second-order valence-electron chi connectivity index (χ2n) is 4.74. The van der Waals surface area contributed by atoms with E-state index in [9.17, 15) is 0 Å². The van der Waals surface area contributed by atoms with E-state index in [0.717, 1.165) is 42.0 Å². The van der Waals surface area contributed by atoms with Crippen LogP contribution < -0.4 is 5.32 Å². The molecule has 0 aliphatic carbocycles. The van der Waals surface area contributed by atoms with Gasteiger partial charge in [-0.25, -0.2) is 9.97 Å². The van der Waals surface area contributed by atoms with E-state index in [2.05, 4.69) is 22.2 Å². The number of aromatic nitrogens is 2. The van der Waals surface area contributed by atoms with Crippen molar-refractivity contribution in [1.29, 1.82) is 0 Å². The molecule has 1 unspecified atom stereocenters. The third-order valence-corrected chi connectivity index (χ3v) is 4.20. The van der Waals surface area contributed by atoms with E-state index < -0.39 is 0 Å². The van der Waals surface area contributed by atoms with Crippen molar-refractivity contribution in [3.63, 3.8) is 0 Å². The van der Waals surface area contributed by atoms with Crippen molar-refractivity contribution in [1.82, 2.24) is 9.97 Å². The Morgan fingerprint density at radius 1 is 1.56 bits per heavy atom. The first-order valence-electron chi connectivity index (χ1n) is 5.95. The van der Waals surface area contributed by atoms with Gasteiger partial charge in [-0.1, -0.05) is 0 Å². The summed E-state index contributed by atoms with van der Waals surface area (Å²) in [5, 5.41) is 6.64. The molecule has 6 heteroatoms. The predicted molar refractivity (Wildman–Crippen MR) is 74.5 cm³/mol. The van der Waals surface area contributed by atoms with Crippen molar-refractivity contribution >= 4 is 39.0 Å². The van der Waals surface area contributed by atoms with E-state index in [1.807, 2.05) is 11.4 Å². The molecule has 0 aromatic carbocycles. The van der Waals surface area contributed by atoms with Gasteiger partial charge < -0.3 is 10.1 Å². The summed E-state index contributed by atoms with van der Waals surface area (Å²) in [4.78, 5) is 9.37. The summed E-state index contributed by atoms with van der Waals surface area (Å²) in [6, 6.07) is 2.01. The zero-order valence-corrected chi connectivity index (χ0v) is 11.6. The van der Waals surface area contributed by atoms with Gasteiger partial charge in [-0.3, -0.25) is 0 Å². The third kappa shape index (κ3) is 2.30. The normalized spacial score (nSPS) is 23.7. The highest BCUT2D eigenvalue weighted by Gasteiger charge is 2.29. The van der Waals surface area contributed by atoms with Crippen LogP contribution >= 0.6 is 22.9 Å². The van der Waals surface area contributed by atoms with E-state index in [0.29, 0.717) is 0 Å². The van der Waals surface area contributed by atoms with Gasteiger partial charge in [0.25, 0.3) is 0 Å². The molecule has 3 rings (SSSR count). The lowest BCUT2D eigenvalue weighted by Crippen LogP contribution is -2.32. The number of nitrogens with zero attached hydrogens (tertiary/aromatic N) is 2. The van der Waals surface area contributed by atoms with Crippen molar-refractivity contribution < 1.29 is 4.74 Å². The van der Waals surface area contributed by atoms with Crippen molar-refractivity contribution in [2.75, 3.05) is 18.5 Å². The summed E-state index contributed by atoms with van der Waals surface area (Å²) in [7, 11) is 0. The van der Waals surface area contributed by atoms with Gasteiger partial charge in [0.15, 0.2) is 0 Å². The average molecular weight is 284 g/mol. The number of anilines is 1. The van der Waals surface area contributed by atoms with Crippen molar-refractivity contribution in [2.24, 2.45) is 0 Å². The maximum Gasteiger partial charge on any atom is 0.225 e. The fourth-order valence-corrected chi connectivity index (χ4v) is 3.19. The number of fused-ring (bicyclic) bond motifs is 1. The lowest BCUT2D eigenvalue weighted by Gasteiger charge is -2.23. The van der Waals surface area contributed by atoms with Crippen LogP contribution in [0.15, 0.2) is 11.4 Å². The summed E-state index contributed by atoms with van der Waals surface area (Å²) in [6.07, 6.45) is 2.20. The molecule has 96 valence electrons. The second-order valence-corrected chi connectivity index (χ2v) is 5.97. The van der Waals surface area contributed by atoms with E-state index in [1.165, 1.54) is 0 Å². The molecule has 18 heavy (non-hydrogen) atoms. The number of rotatable bonds is 3. The molecule has 1 atom stereocenters. The van der Waals surface area contributed by atoms with Crippen molar-refractivity contribution in [3.8, 4) is 0 Å². The van der Waals surface area contributed by atoms with E-state index in [1.54, 1.807) is 11.3 Å². The molecule has 2 aromatic rings. The number of thiophene rings is 1. The predicted octanol–water partition coefficient (Wildman–Crippen LogP) is 3.33. The Balaban J connectivity index is 1.83.